The van der Waals surface area contributed by atoms with Crippen LogP contribution in [0.2, 0.25) is 5.02 Å². The van der Waals surface area contributed by atoms with Crippen molar-refractivity contribution >= 4 is 17.7 Å². The molecule has 0 aliphatic heterocycles. The van der Waals surface area contributed by atoms with Crippen molar-refractivity contribution in [3.63, 3.8) is 0 Å². The largest absolute Gasteiger partial charge is 0.573 e. The molecule has 0 bridgehead atoms. The number of hydrogen-bond acceptors (Lipinski definition) is 1. The standard InChI is InChI=1S/C9H6ClF3O/c1-2-6-3-4-7(10)8(5-6)14-9(11,12)13/h2-5H,1H2. The van der Waals surface area contributed by atoms with Crippen molar-refractivity contribution in [1.82, 2.24) is 0 Å². The third-order valence-electron chi connectivity index (χ3n) is 1.42. The molecular formula is C9H6ClF3O. The van der Waals surface area contributed by atoms with Crippen molar-refractivity contribution in [2.45, 2.75) is 6.36 Å². The first-order chi connectivity index (χ1) is 6.42. The third kappa shape index (κ3) is 2.96. The second-order valence-corrected chi connectivity index (χ2v) is 2.85. The van der Waals surface area contributed by atoms with Crippen molar-refractivity contribution in [2.75, 3.05) is 0 Å². The van der Waals surface area contributed by atoms with Gasteiger partial charge in [-0.3, -0.25) is 0 Å². The maximum atomic E-state index is 11.9. The Bertz CT molecular complexity index is 346. The van der Waals surface area contributed by atoms with Crippen molar-refractivity contribution in [2.24, 2.45) is 0 Å². The van der Waals surface area contributed by atoms with E-state index in [9.17, 15) is 13.2 Å². The van der Waals surface area contributed by atoms with Crippen LogP contribution in [0.1, 0.15) is 5.56 Å². The first kappa shape index (κ1) is 10.9. The molecule has 0 heterocycles. The summed E-state index contributed by atoms with van der Waals surface area (Å²) in [6, 6.07) is 4.03. The van der Waals surface area contributed by atoms with E-state index in [4.69, 9.17) is 11.6 Å². The minimum Gasteiger partial charge on any atom is -0.404 e. The van der Waals surface area contributed by atoms with E-state index in [0.717, 1.165) is 0 Å². The van der Waals surface area contributed by atoms with Crippen LogP contribution in [-0.4, -0.2) is 6.36 Å². The van der Waals surface area contributed by atoms with Gasteiger partial charge in [0, 0.05) is 0 Å². The lowest BCUT2D eigenvalue weighted by Crippen LogP contribution is -2.17. The van der Waals surface area contributed by atoms with E-state index in [-0.39, 0.29) is 5.02 Å². The van der Waals surface area contributed by atoms with Crippen LogP contribution in [0.3, 0.4) is 0 Å². The summed E-state index contributed by atoms with van der Waals surface area (Å²) in [6.07, 6.45) is -3.33. The van der Waals surface area contributed by atoms with E-state index < -0.39 is 12.1 Å². The maximum Gasteiger partial charge on any atom is 0.573 e. The molecule has 5 heteroatoms. The number of ether oxygens (including phenoxy) is 1. The predicted molar refractivity (Wildman–Crippen MR) is 48.2 cm³/mol. The minimum atomic E-state index is -4.73. The number of alkyl halides is 3. The van der Waals surface area contributed by atoms with Crippen LogP contribution < -0.4 is 4.74 Å². The summed E-state index contributed by atoms with van der Waals surface area (Å²) >= 11 is 5.50. The molecule has 76 valence electrons. The zero-order valence-electron chi connectivity index (χ0n) is 6.94. The Morgan fingerprint density at radius 1 is 1.36 bits per heavy atom. The fourth-order valence-electron chi connectivity index (χ4n) is 0.850. The smallest absolute Gasteiger partial charge is 0.404 e. The van der Waals surface area contributed by atoms with Crippen LogP contribution in [-0.2, 0) is 0 Å². The fraction of sp³-hybridized carbons (Fsp3) is 0.111. The molecule has 0 atom stereocenters. The molecular weight excluding hydrogens is 217 g/mol. The van der Waals surface area contributed by atoms with Gasteiger partial charge in [-0.15, -0.1) is 13.2 Å². The number of rotatable bonds is 2. The zero-order valence-corrected chi connectivity index (χ0v) is 7.69. The van der Waals surface area contributed by atoms with Gasteiger partial charge in [0.05, 0.1) is 5.02 Å². The van der Waals surface area contributed by atoms with Gasteiger partial charge in [0.1, 0.15) is 5.75 Å². The number of hydrogen-bond donors (Lipinski definition) is 0. The van der Waals surface area contributed by atoms with Crippen LogP contribution in [0.5, 0.6) is 5.75 Å². The normalized spacial score (nSPS) is 11.1. The van der Waals surface area contributed by atoms with E-state index in [1.54, 1.807) is 6.07 Å². The monoisotopic (exact) mass is 222 g/mol. The average Bonchev–Trinajstić information content (AvgIpc) is 2.06. The highest BCUT2D eigenvalue weighted by Gasteiger charge is 2.31. The van der Waals surface area contributed by atoms with Gasteiger partial charge in [-0.25, -0.2) is 0 Å². The minimum absolute atomic E-state index is 0.0899. The second-order valence-electron chi connectivity index (χ2n) is 2.44. The van der Waals surface area contributed by atoms with Gasteiger partial charge in [-0.1, -0.05) is 30.3 Å². The molecule has 0 saturated heterocycles. The molecule has 1 aromatic carbocycles. The first-order valence-corrected chi connectivity index (χ1v) is 3.98. The van der Waals surface area contributed by atoms with Crippen molar-refractivity contribution < 1.29 is 17.9 Å². The van der Waals surface area contributed by atoms with E-state index in [0.29, 0.717) is 5.56 Å². The molecule has 0 aromatic heterocycles. The van der Waals surface area contributed by atoms with Crippen LogP contribution >= 0.6 is 11.6 Å². The lowest BCUT2D eigenvalue weighted by molar-refractivity contribution is -0.274. The summed E-state index contributed by atoms with van der Waals surface area (Å²) in [5.74, 6) is -0.420. The van der Waals surface area contributed by atoms with Crippen molar-refractivity contribution in [3.8, 4) is 5.75 Å². The fourth-order valence-corrected chi connectivity index (χ4v) is 1.01. The van der Waals surface area contributed by atoms with E-state index >= 15 is 0 Å². The molecule has 0 unspecified atom stereocenters. The van der Waals surface area contributed by atoms with Gasteiger partial charge in [0.2, 0.25) is 0 Å². The number of halogens is 4. The quantitative estimate of drug-likeness (QED) is 0.738. The van der Waals surface area contributed by atoms with Crippen LogP contribution in [0, 0.1) is 0 Å². The summed E-state index contributed by atoms with van der Waals surface area (Å²) in [7, 11) is 0. The Balaban J connectivity index is 3.01. The molecule has 0 fully saturated rings. The Labute approximate surface area is 83.8 Å². The van der Waals surface area contributed by atoms with Gasteiger partial charge in [0.25, 0.3) is 0 Å². The lowest BCUT2D eigenvalue weighted by atomic mass is 10.2. The molecule has 0 aliphatic rings. The average molecular weight is 223 g/mol. The molecule has 1 rings (SSSR count). The summed E-state index contributed by atoms with van der Waals surface area (Å²) in [5.41, 5.74) is 0.508. The van der Waals surface area contributed by atoms with Gasteiger partial charge >= 0.3 is 6.36 Å². The summed E-state index contributed by atoms with van der Waals surface area (Å²) in [6.45, 7) is 3.42. The molecule has 0 saturated carbocycles. The molecule has 0 radical (unpaired) electrons. The van der Waals surface area contributed by atoms with Gasteiger partial charge < -0.3 is 4.74 Å². The number of benzene rings is 1. The predicted octanol–water partition coefficient (Wildman–Crippen LogP) is 3.88. The Morgan fingerprint density at radius 3 is 2.50 bits per heavy atom. The highest BCUT2D eigenvalue weighted by Crippen LogP contribution is 2.30. The molecule has 0 amide bonds. The van der Waals surface area contributed by atoms with E-state index in [1.807, 2.05) is 0 Å². The Kier molecular flexibility index (Phi) is 3.06. The first-order valence-electron chi connectivity index (χ1n) is 3.60. The topological polar surface area (TPSA) is 9.23 Å². The third-order valence-corrected chi connectivity index (χ3v) is 1.73. The van der Waals surface area contributed by atoms with Crippen molar-refractivity contribution in [1.29, 1.82) is 0 Å². The van der Waals surface area contributed by atoms with Gasteiger partial charge in [-0.05, 0) is 17.7 Å². The van der Waals surface area contributed by atoms with Gasteiger partial charge in [-0.2, -0.15) is 0 Å². The lowest BCUT2D eigenvalue weighted by Gasteiger charge is -2.10. The highest BCUT2D eigenvalue weighted by atomic mass is 35.5. The molecule has 14 heavy (non-hydrogen) atoms. The van der Waals surface area contributed by atoms with E-state index in [1.165, 1.54) is 18.2 Å². The van der Waals surface area contributed by atoms with Gasteiger partial charge in [0.15, 0.2) is 0 Å². The molecule has 0 N–H and O–H groups in total. The maximum absolute atomic E-state index is 11.9. The van der Waals surface area contributed by atoms with E-state index in [2.05, 4.69) is 11.3 Å². The second kappa shape index (κ2) is 3.92. The summed E-state index contributed by atoms with van der Waals surface area (Å²) in [5, 5.41) is -0.0899. The zero-order chi connectivity index (χ0) is 10.8. The summed E-state index contributed by atoms with van der Waals surface area (Å²) in [4.78, 5) is 0. The summed E-state index contributed by atoms with van der Waals surface area (Å²) < 4.78 is 39.2. The Morgan fingerprint density at radius 2 is 2.00 bits per heavy atom. The Hall–Kier alpha value is -1.16. The SMILES string of the molecule is C=Cc1ccc(Cl)c(OC(F)(F)F)c1. The highest BCUT2D eigenvalue weighted by molar-refractivity contribution is 6.32. The van der Waals surface area contributed by atoms with Crippen LogP contribution in [0.4, 0.5) is 13.2 Å². The molecule has 1 nitrogen and oxygen atoms in total. The van der Waals surface area contributed by atoms with Crippen molar-refractivity contribution in [3.05, 3.63) is 35.4 Å². The molecule has 1 aromatic rings. The molecule has 0 spiro atoms. The van der Waals surface area contributed by atoms with Crippen LogP contribution in [0.25, 0.3) is 6.08 Å². The van der Waals surface area contributed by atoms with Crippen LogP contribution in [0.15, 0.2) is 24.8 Å². The molecule has 0 aliphatic carbocycles.